The van der Waals surface area contributed by atoms with Crippen LogP contribution in [0.4, 0.5) is 0 Å². The minimum absolute atomic E-state index is 0.132. The van der Waals surface area contributed by atoms with Gasteiger partial charge >= 0.3 is 0 Å². The highest BCUT2D eigenvalue weighted by Gasteiger charge is 2.38. The molecule has 1 fully saturated rings. The summed E-state index contributed by atoms with van der Waals surface area (Å²) in [6.07, 6.45) is 1.82. The van der Waals surface area contributed by atoms with Crippen molar-refractivity contribution in [2.45, 2.75) is 31.1 Å². The maximum Gasteiger partial charge on any atom is 0.0722 e. The largest absolute Gasteiger partial charge is 0.394 e. The summed E-state index contributed by atoms with van der Waals surface area (Å²) in [5, 5.41) is 13.3. The zero-order valence-corrected chi connectivity index (χ0v) is 12.7. The van der Waals surface area contributed by atoms with Crippen molar-refractivity contribution in [3.63, 3.8) is 0 Å². The SMILES string of the molecule is OC[C@]1(Cc2ccccc2)C[C@H](OCc2ccccc2)CN1. The Morgan fingerprint density at radius 2 is 1.64 bits per heavy atom. The summed E-state index contributed by atoms with van der Waals surface area (Å²) >= 11 is 0. The lowest BCUT2D eigenvalue weighted by Gasteiger charge is -2.27. The van der Waals surface area contributed by atoms with E-state index in [1.807, 2.05) is 36.4 Å². The van der Waals surface area contributed by atoms with Crippen LogP contribution in [0.25, 0.3) is 0 Å². The third kappa shape index (κ3) is 3.74. The molecule has 0 spiro atoms. The van der Waals surface area contributed by atoms with Crippen LogP contribution in [-0.4, -0.2) is 29.9 Å². The first kappa shape index (κ1) is 15.2. The number of aliphatic hydroxyl groups excluding tert-OH is 1. The third-order valence-corrected chi connectivity index (χ3v) is 4.34. The molecule has 0 aromatic heterocycles. The molecule has 1 saturated heterocycles. The van der Waals surface area contributed by atoms with Gasteiger partial charge in [-0.15, -0.1) is 0 Å². The van der Waals surface area contributed by atoms with Gasteiger partial charge in [0.15, 0.2) is 0 Å². The van der Waals surface area contributed by atoms with Crippen molar-refractivity contribution in [2.75, 3.05) is 13.2 Å². The van der Waals surface area contributed by atoms with Gasteiger partial charge in [-0.25, -0.2) is 0 Å². The van der Waals surface area contributed by atoms with Crippen LogP contribution < -0.4 is 5.32 Å². The summed E-state index contributed by atoms with van der Waals surface area (Å²) in [4.78, 5) is 0. The first-order valence-electron chi connectivity index (χ1n) is 7.85. The Balaban J connectivity index is 1.57. The van der Waals surface area contributed by atoms with Gasteiger partial charge < -0.3 is 15.2 Å². The molecule has 2 aromatic carbocycles. The van der Waals surface area contributed by atoms with E-state index in [1.165, 1.54) is 11.1 Å². The van der Waals surface area contributed by atoms with Crippen molar-refractivity contribution in [1.29, 1.82) is 0 Å². The normalized spacial score (nSPS) is 24.5. The number of ether oxygens (including phenoxy) is 1. The minimum Gasteiger partial charge on any atom is -0.394 e. The van der Waals surface area contributed by atoms with Gasteiger partial charge in [0.2, 0.25) is 0 Å². The Kier molecular flexibility index (Phi) is 4.88. The fourth-order valence-corrected chi connectivity index (χ4v) is 3.11. The first-order chi connectivity index (χ1) is 10.8. The van der Waals surface area contributed by atoms with Crippen LogP contribution >= 0.6 is 0 Å². The van der Waals surface area contributed by atoms with Crippen LogP contribution in [0.5, 0.6) is 0 Å². The molecule has 3 heteroatoms. The lowest BCUT2D eigenvalue weighted by atomic mass is 9.89. The van der Waals surface area contributed by atoms with Gasteiger partial charge in [0.1, 0.15) is 0 Å². The highest BCUT2D eigenvalue weighted by molar-refractivity contribution is 5.19. The average Bonchev–Trinajstić information content (AvgIpc) is 2.99. The number of aliphatic hydroxyl groups is 1. The molecule has 3 nitrogen and oxygen atoms in total. The summed E-state index contributed by atoms with van der Waals surface area (Å²) in [5.41, 5.74) is 2.17. The maximum atomic E-state index is 9.86. The summed E-state index contributed by atoms with van der Waals surface area (Å²) in [6, 6.07) is 20.5. The molecule has 2 atom stereocenters. The van der Waals surface area contributed by atoms with Gasteiger partial charge in [0.25, 0.3) is 0 Å². The second-order valence-electron chi connectivity index (χ2n) is 6.10. The van der Waals surface area contributed by atoms with E-state index in [0.717, 1.165) is 19.4 Å². The van der Waals surface area contributed by atoms with Crippen molar-refractivity contribution in [1.82, 2.24) is 5.32 Å². The van der Waals surface area contributed by atoms with Crippen LogP contribution in [0.1, 0.15) is 17.5 Å². The Morgan fingerprint density at radius 3 is 2.27 bits per heavy atom. The Morgan fingerprint density at radius 1 is 1.00 bits per heavy atom. The molecule has 0 bridgehead atoms. The van der Waals surface area contributed by atoms with E-state index < -0.39 is 0 Å². The molecule has 1 heterocycles. The number of rotatable bonds is 6. The maximum absolute atomic E-state index is 9.86. The Labute approximate surface area is 131 Å². The number of hydrogen-bond acceptors (Lipinski definition) is 3. The summed E-state index contributed by atoms with van der Waals surface area (Å²) < 4.78 is 6.01. The Hall–Kier alpha value is -1.68. The van der Waals surface area contributed by atoms with Crippen LogP contribution in [0.2, 0.25) is 0 Å². The van der Waals surface area contributed by atoms with E-state index >= 15 is 0 Å². The first-order valence-corrected chi connectivity index (χ1v) is 7.85. The van der Waals surface area contributed by atoms with E-state index in [9.17, 15) is 5.11 Å². The molecular weight excluding hydrogens is 274 g/mol. The van der Waals surface area contributed by atoms with Crippen LogP contribution in [0.3, 0.4) is 0 Å². The topological polar surface area (TPSA) is 41.5 Å². The molecule has 1 aliphatic rings. The van der Waals surface area contributed by atoms with Gasteiger partial charge in [-0.1, -0.05) is 60.7 Å². The van der Waals surface area contributed by atoms with Gasteiger partial charge in [-0.05, 0) is 24.0 Å². The number of nitrogens with one attached hydrogen (secondary N) is 1. The summed E-state index contributed by atoms with van der Waals surface area (Å²) in [5.74, 6) is 0. The van der Waals surface area contributed by atoms with Crippen LogP contribution in [-0.2, 0) is 17.8 Å². The highest BCUT2D eigenvalue weighted by atomic mass is 16.5. The van der Waals surface area contributed by atoms with Gasteiger partial charge in [0, 0.05) is 12.1 Å². The third-order valence-electron chi connectivity index (χ3n) is 4.34. The lowest BCUT2D eigenvalue weighted by Crippen LogP contribution is -2.45. The van der Waals surface area contributed by atoms with Crippen LogP contribution in [0, 0.1) is 0 Å². The van der Waals surface area contributed by atoms with Crippen molar-refractivity contribution < 1.29 is 9.84 Å². The fraction of sp³-hybridized carbons (Fsp3) is 0.368. The minimum atomic E-state index is -0.261. The molecule has 0 amide bonds. The van der Waals surface area contributed by atoms with E-state index in [-0.39, 0.29) is 18.2 Å². The van der Waals surface area contributed by atoms with Crippen molar-refractivity contribution in [3.8, 4) is 0 Å². The predicted molar refractivity (Wildman–Crippen MR) is 87.6 cm³/mol. The highest BCUT2D eigenvalue weighted by Crippen LogP contribution is 2.26. The second-order valence-corrected chi connectivity index (χ2v) is 6.10. The van der Waals surface area contributed by atoms with Gasteiger partial charge in [-0.3, -0.25) is 0 Å². The Bertz CT molecular complexity index is 573. The molecule has 1 aliphatic heterocycles. The van der Waals surface area contributed by atoms with E-state index in [0.29, 0.717) is 6.61 Å². The van der Waals surface area contributed by atoms with Gasteiger partial charge in [0.05, 0.1) is 19.3 Å². The van der Waals surface area contributed by atoms with E-state index in [2.05, 4.69) is 29.6 Å². The van der Waals surface area contributed by atoms with Crippen LogP contribution in [0.15, 0.2) is 60.7 Å². The zero-order valence-electron chi connectivity index (χ0n) is 12.7. The average molecular weight is 297 g/mol. The number of hydrogen-bond donors (Lipinski definition) is 2. The molecule has 2 N–H and O–H groups in total. The predicted octanol–water partition coefficient (Wildman–Crippen LogP) is 2.54. The molecule has 116 valence electrons. The molecule has 0 radical (unpaired) electrons. The quantitative estimate of drug-likeness (QED) is 0.861. The monoisotopic (exact) mass is 297 g/mol. The van der Waals surface area contributed by atoms with Crippen molar-refractivity contribution in [3.05, 3.63) is 71.8 Å². The van der Waals surface area contributed by atoms with Gasteiger partial charge in [-0.2, -0.15) is 0 Å². The zero-order chi connectivity index (χ0) is 15.3. The second kappa shape index (κ2) is 7.05. The fourth-order valence-electron chi connectivity index (χ4n) is 3.11. The summed E-state index contributed by atoms with van der Waals surface area (Å²) in [6.45, 7) is 1.55. The van der Waals surface area contributed by atoms with E-state index in [4.69, 9.17) is 4.74 Å². The molecule has 3 rings (SSSR count). The molecule has 2 aromatic rings. The smallest absolute Gasteiger partial charge is 0.0722 e. The molecule has 0 aliphatic carbocycles. The van der Waals surface area contributed by atoms with E-state index in [1.54, 1.807) is 0 Å². The molecule has 0 saturated carbocycles. The molecule has 22 heavy (non-hydrogen) atoms. The lowest BCUT2D eigenvalue weighted by molar-refractivity contribution is 0.0450. The van der Waals surface area contributed by atoms with Crippen molar-refractivity contribution in [2.24, 2.45) is 0 Å². The number of benzene rings is 2. The molecular formula is C19H23NO2. The van der Waals surface area contributed by atoms with Crippen molar-refractivity contribution >= 4 is 0 Å². The summed E-state index contributed by atoms with van der Waals surface area (Å²) in [7, 11) is 0. The standard InChI is InChI=1S/C19H23NO2/c21-15-19(11-16-7-3-1-4-8-16)12-18(13-20-19)22-14-17-9-5-2-6-10-17/h1-10,18,20-21H,11-15H2/t18-,19-/m0/s1. The molecule has 0 unspecified atom stereocenters.